The van der Waals surface area contributed by atoms with Crippen LogP contribution in [0.1, 0.15) is 12.3 Å². The van der Waals surface area contributed by atoms with Gasteiger partial charge in [-0.2, -0.15) is 0 Å². The van der Waals surface area contributed by atoms with Gasteiger partial charge in [0.1, 0.15) is 22.1 Å². The Morgan fingerprint density at radius 2 is 0.675 bits per heavy atom. The zero-order valence-corrected chi connectivity index (χ0v) is 21.5. The van der Waals surface area contributed by atoms with Crippen molar-refractivity contribution in [2.45, 2.75) is 12.3 Å². The normalized spacial score (nSPS) is 12.1. The summed E-state index contributed by atoms with van der Waals surface area (Å²) in [6.07, 6.45) is -1.46. The minimum Gasteiger partial charge on any atom is -0.215 e. The largest absolute Gasteiger partial charge is 0.215 e. The summed E-state index contributed by atoms with van der Waals surface area (Å²) in [6, 6.07) is 30.9. The number of aromatic nitrogens is 12. The lowest BCUT2D eigenvalue weighted by Gasteiger charge is -2.26. The van der Waals surface area contributed by atoms with Gasteiger partial charge in [-0.1, -0.05) is 81.6 Å². The van der Waals surface area contributed by atoms with Crippen LogP contribution in [0.15, 0.2) is 97.1 Å². The molecule has 0 aliphatic rings. The fraction of sp³-hybridized carbons (Fsp3) is 0.0741. The van der Waals surface area contributed by atoms with Crippen molar-refractivity contribution in [2.75, 3.05) is 0 Å². The maximum Gasteiger partial charge on any atom is 0.183 e. The highest BCUT2D eigenvalue weighted by atomic mass is 32.1. The molecule has 0 fully saturated rings. The lowest BCUT2D eigenvalue weighted by molar-refractivity contribution is 0.405. The molecular weight excluding hydrogens is 524 g/mol. The van der Waals surface area contributed by atoms with Crippen LogP contribution in [0, 0.1) is 0 Å². The standard InChI is InChI=1S/C27H18N12S/c40-25(26(36-21-13-5-1-9-17(21)28-32-36)37-22-14-6-2-10-18(22)29-33-37)27(38-23-15-7-3-11-19(23)30-34-38)39-24-16-8-4-12-20(24)31-35-39/h1-16,26-27H. The fourth-order valence-corrected chi connectivity index (χ4v) is 5.49. The van der Waals surface area contributed by atoms with Crippen LogP contribution in [0.3, 0.4) is 0 Å². The molecule has 192 valence electrons. The number of rotatable bonds is 6. The third kappa shape index (κ3) is 3.34. The van der Waals surface area contributed by atoms with Gasteiger partial charge in [0.15, 0.2) is 12.3 Å². The summed E-state index contributed by atoms with van der Waals surface area (Å²) in [5.41, 5.74) is 6.09. The molecule has 0 spiro atoms. The number of benzene rings is 4. The molecule has 0 unspecified atom stereocenters. The molecule has 4 aromatic carbocycles. The zero-order chi connectivity index (χ0) is 26.6. The van der Waals surface area contributed by atoms with Crippen molar-refractivity contribution in [3.8, 4) is 0 Å². The van der Waals surface area contributed by atoms with Gasteiger partial charge in [-0.25, -0.2) is 18.7 Å². The van der Waals surface area contributed by atoms with Crippen molar-refractivity contribution >= 4 is 61.2 Å². The first-order chi connectivity index (χ1) is 19.8. The SMILES string of the molecule is S=C(C(n1nnc2ccccc21)n1nnc2ccccc21)C(n1nnc2ccccc21)n1nnc2ccccc21. The zero-order valence-electron chi connectivity index (χ0n) is 20.7. The van der Waals surface area contributed by atoms with Crippen LogP contribution in [0.25, 0.3) is 44.1 Å². The summed E-state index contributed by atoms with van der Waals surface area (Å²) in [7, 11) is 0. The molecule has 0 atom stereocenters. The number of nitrogens with zero attached hydrogens (tertiary/aromatic N) is 12. The molecule has 40 heavy (non-hydrogen) atoms. The number of thiocarbonyl (C=S) groups is 1. The quantitative estimate of drug-likeness (QED) is 0.288. The topological polar surface area (TPSA) is 123 Å². The average molecular weight is 543 g/mol. The Bertz CT molecular complexity index is 1890. The highest BCUT2D eigenvalue weighted by Crippen LogP contribution is 2.30. The predicted octanol–water partition coefficient (Wildman–Crippen LogP) is 3.83. The van der Waals surface area contributed by atoms with Crippen LogP contribution in [0.4, 0.5) is 0 Å². The summed E-state index contributed by atoms with van der Waals surface area (Å²) in [5, 5.41) is 35.9. The van der Waals surface area contributed by atoms with Crippen molar-refractivity contribution in [3.63, 3.8) is 0 Å². The van der Waals surface area contributed by atoms with Crippen LogP contribution >= 0.6 is 12.2 Å². The molecule has 0 saturated heterocycles. The lowest BCUT2D eigenvalue weighted by atomic mass is 10.2. The van der Waals surface area contributed by atoms with Crippen LogP contribution < -0.4 is 0 Å². The van der Waals surface area contributed by atoms with Crippen molar-refractivity contribution in [2.24, 2.45) is 0 Å². The first kappa shape index (κ1) is 22.5. The highest BCUT2D eigenvalue weighted by molar-refractivity contribution is 7.80. The van der Waals surface area contributed by atoms with Crippen molar-refractivity contribution in [1.29, 1.82) is 0 Å². The second-order valence-corrected chi connectivity index (χ2v) is 9.71. The van der Waals surface area contributed by atoms with Crippen molar-refractivity contribution in [3.05, 3.63) is 97.1 Å². The number of para-hydroxylation sites is 4. The van der Waals surface area contributed by atoms with E-state index in [9.17, 15) is 0 Å². The van der Waals surface area contributed by atoms with Gasteiger partial charge in [-0.05, 0) is 48.5 Å². The van der Waals surface area contributed by atoms with Crippen LogP contribution in [-0.2, 0) is 0 Å². The predicted molar refractivity (Wildman–Crippen MR) is 152 cm³/mol. The minimum atomic E-state index is -0.731. The van der Waals surface area contributed by atoms with E-state index in [4.69, 9.17) is 12.2 Å². The van der Waals surface area contributed by atoms with E-state index in [0.29, 0.717) is 4.86 Å². The molecule has 4 aromatic heterocycles. The van der Waals surface area contributed by atoms with Gasteiger partial charge < -0.3 is 0 Å². The molecule has 0 N–H and O–H groups in total. The maximum absolute atomic E-state index is 6.39. The Balaban J connectivity index is 1.42. The molecule has 12 nitrogen and oxygen atoms in total. The molecule has 0 aliphatic carbocycles. The highest BCUT2D eigenvalue weighted by Gasteiger charge is 2.35. The Morgan fingerprint density at radius 1 is 0.425 bits per heavy atom. The Morgan fingerprint density at radius 3 is 0.950 bits per heavy atom. The van der Waals surface area contributed by atoms with Gasteiger partial charge in [0.25, 0.3) is 0 Å². The molecular formula is C27H18N12S. The molecule has 8 aromatic rings. The Labute approximate surface area is 230 Å². The lowest BCUT2D eigenvalue weighted by Crippen LogP contribution is -2.37. The van der Waals surface area contributed by atoms with Gasteiger partial charge in [-0.15, -0.1) is 20.4 Å². The molecule has 0 aliphatic heterocycles. The van der Waals surface area contributed by atoms with E-state index in [1.807, 2.05) is 97.1 Å². The monoisotopic (exact) mass is 542 g/mol. The van der Waals surface area contributed by atoms with E-state index in [-0.39, 0.29) is 0 Å². The van der Waals surface area contributed by atoms with E-state index in [0.717, 1.165) is 44.1 Å². The van der Waals surface area contributed by atoms with E-state index >= 15 is 0 Å². The van der Waals surface area contributed by atoms with Crippen molar-refractivity contribution < 1.29 is 0 Å². The summed E-state index contributed by atoms with van der Waals surface area (Å²) < 4.78 is 7.07. The van der Waals surface area contributed by atoms with E-state index in [2.05, 4.69) is 41.2 Å². The van der Waals surface area contributed by atoms with Gasteiger partial charge >= 0.3 is 0 Å². The van der Waals surface area contributed by atoms with Gasteiger partial charge in [0.2, 0.25) is 0 Å². The molecule has 4 heterocycles. The number of hydrogen-bond donors (Lipinski definition) is 0. The Kier molecular flexibility index (Phi) is 4.97. The van der Waals surface area contributed by atoms with Gasteiger partial charge in [-0.3, -0.25) is 0 Å². The van der Waals surface area contributed by atoms with E-state index in [1.165, 1.54) is 0 Å². The first-order valence-electron chi connectivity index (χ1n) is 12.5. The summed E-state index contributed by atoms with van der Waals surface area (Å²) in [6.45, 7) is 0. The molecule has 8 rings (SSSR count). The van der Waals surface area contributed by atoms with Gasteiger partial charge in [0.05, 0.1) is 26.9 Å². The molecule has 0 amide bonds. The Hall–Kier alpha value is -5.43. The molecule has 0 saturated carbocycles. The molecule has 0 radical (unpaired) electrons. The van der Waals surface area contributed by atoms with Crippen molar-refractivity contribution in [1.82, 2.24) is 60.0 Å². The summed E-state index contributed by atoms with van der Waals surface area (Å²) in [5.74, 6) is 0. The molecule has 13 heteroatoms. The summed E-state index contributed by atoms with van der Waals surface area (Å²) >= 11 is 6.39. The minimum absolute atomic E-state index is 0.484. The fourth-order valence-electron chi connectivity index (χ4n) is 5.09. The maximum atomic E-state index is 6.39. The van der Waals surface area contributed by atoms with Crippen LogP contribution in [0.5, 0.6) is 0 Å². The number of fused-ring (bicyclic) bond motifs is 4. The summed E-state index contributed by atoms with van der Waals surface area (Å²) in [4.78, 5) is 0.484. The van der Waals surface area contributed by atoms with Crippen LogP contribution in [-0.4, -0.2) is 64.8 Å². The van der Waals surface area contributed by atoms with E-state index in [1.54, 1.807) is 18.7 Å². The van der Waals surface area contributed by atoms with Gasteiger partial charge in [0, 0.05) is 0 Å². The smallest absolute Gasteiger partial charge is 0.183 e. The average Bonchev–Trinajstić information content (AvgIpc) is 3.80. The van der Waals surface area contributed by atoms with E-state index < -0.39 is 12.3 Å². The second kappa shape index (κ2) is 8.81. The van der Waals surface area contributed by atoms with Crippen LogP contribution in [0.2, 0.25) is 0 Å². The number of hydrogen-bond acceptors (Lipinski definition) is 9. The third-order valence-electron chi connectivity index (χ3n) is 6.95. The second-order valence-electron chi connectivity index (χ2n) is 9.24. The molecule has 0 bridgehead atoms. The third-order valence-corrected chi connectivity index (χ3v) is 7.37. The first-order valence-corrected chi connectivity index (χ1v) is 12.9.